The fraction of sp³-hybridized carbons (Fsp3) is 0.379. The first kappa shape index (κ1) is 27.4. The van der Waals surface area contributed by atoms with Crippen LogP contribution in [0.3, 0.4) is 0 Å². The van der Waals surface area contributed by atoms with Gasteiger partial charge in [0.15, 0.2) is 5.82 Å². The van der Waals surface area contributed by atoms with Gasteiger partial charge in [-0.05, 0) is 57.1 Å². The van der Waals surface area contributed by atoms with E-state index in [0.717, 1.165) is 42.2 Å². The van der Waals surface area contributed by atoms with Gasteiger partial charge >= 0.3 is 6.03 Å². The Morgan fingerprint density at radius 2 is 1.77 bits per heavy atom. The summed E-state index contributed by atoms with van der Waals surface area (Å²) >= 11 is 0. The van der Waals surface area contributed by atoms with Crippen molar-refractivity contribution in [3.8, 4) is 11.3 Å². The number of likely N-dealkylation sites (N-methyl/N-ethyl adjacent to an activating group) is 1. The minimum atomic E-state index is -0.884. The largest absolute Gasteiger partial charge is 0.350 e. The van der Waals surface area contributed by atoms with Crippen LogP contribution in [0.2, 0.25) is 0 Å². The highest BCUT2D eigenvalue weighted by atomic mass is 19.1. The lowest BCUT2D eigenvalue weighted by Gasteiger charge is -2.36. The standard InChI is InChI=1S/C29H33F2N7O2/c1-5-36-11-13-37(14-12-36)28-34-24(20-15-19(10-9-18(20)4)27(39)33-17(2)3)21-16-32-29(40)38(26(21)35-28)25-22(30)7-6-8-23(25)31/h6-10,15,17H,5,11-14,16H2,1-4H3,(H,32,40)(H,33,39). The van der Waals surface area contributed by atoms with E-state index in [1.807, 2.05) is 31.7 Å². The number of carbonyl (C=O) groups is 2. The summed E-state index contributed by atoms with van der Waals surface area (Å²) < 4.78 is 30.0. The molecule has 5 rings (SSSR count). The van der Waals surface area contributed by atoms with Crippen molar-refractivity contribution in [2.75, 3.05) is 42.5 Å². The predicted molar refractivity (Wildman–Crippen MR) is 150 cm³/mol. The summed E-state index contributed by atoms with van der Waals surface area (Å²) in [5.74, 6) is -1.52. The predicted octanol–water partition coefficient (Wildman–Crippen LogP) is 4.37. The maximum absolute atomic E-state index is 15.0. The number of urea groups is 1. The number of fused-ring (bicyclic) bond motifs is 1. The molecule has 0 atom stereocenters. The summed E-state index contributed by atoms with van der Waals surface area (Å²) in [7, 11) is 0. The average Bonchev–Trinajstić information content (AvgIpc) is 2.93. The molecule has 0 saturated carbocycles. The number of para-hydroxylation sites is 1. The maximum Gasteiger partial charge on any atom is 0.328 e. The van der Waals surface area contributed by atoms with Crippen molar-refractivity contribution < 1.29 is 18.4 Å². The molecule has 0 radical (unpaired) electrons. The van der Waals surface area contributed by atoms with Crippen molar-refractivity contribution in [3.63, 3.8) is 0 Å². The van der Waals surface area contributed by atoms with E-state index in [0.29, 0.717) is 41.4 Å². The van der Waals surface area contributed by atoms with Crippen molar-refractivity contribution in [3.05, 3.63) is 64.7 Å². The third kappa shape index (κ3) is 5.21. The minimum absolute atomic E-state index is 0.0445. The lowest BCUT2D eigenvalue weighted by atomic mass is 9.97. The number of halogens is 2. The van der Waals surface area contributed by atoms with Crippen molar-refractivity contribution in [1.29, 1.82) is 0 Å². The van der Waals surface area contributed by atoms with E-state index >= 15 is 8.78 Å². The molecule has 1 fully saturated rings. The summed E-state index contributed by atoms with van der Waals surface area (Å²) in [5, 5.41) is 5.63. The summed E-state index contributed by atoms with van der Waals surface area (Å²) in [6, 6.07) is 8.08. The van der Waals surface area contributed by atoms with Crippen molar-refractivity contribution in [1.82, 2.24) is 25.5 Å². The summed E-state index contributed by atoms with van der Waals surface area (Å²) in [6.07, 6.45) is 0. The van der Waals surface area contributed by atoms with E-state index in [-0.39, 0.29) is 24.3 Å². The molecule has 3 heterocycles. The second-order valence-electron chi connectivity index (χ2n) is 10.3. The van der Waals surface area contributed by atoms with Gasteiger partial charge in [0, 0.05) is 48.9 Å². The monoisotopic (exact) mass is 549 g/mol. The van der Waals surface area contributed by atoms with Crippen molar-refractivity contribution in [2.45, 2.75) is 40.3 Å². The van der Waals surface area contributed by atoms with Crippen LogP contribution >= 0.6 is 0 Å². The van der Waals surface area contributed by atoms with Crippen LogP contribution < -0.4 is 20.4 Å². The van der Waals surface area contributed by atoms with Crippen LogP contribution in [0.5, 0.6) is 0 Å². The first-order valence-electron chi connectivity index (χ1n) is 13.5. The molecule has 3 amide bonds. The van der Waals surface area contributed by atoms with Crippen LogP contribution in [-0.2, 0) is 6.54 Å². The van der Waals surface area contributed by atoms with Gasteiger partial charge in [-0.1, -0.05) is 19.1 Å². The second kappa shape index (κ2) is 11.2. The molecule has 1 saturated heterocycles. The van der Waals surface area contributed by atoms with E-state index in [9.17, 15) is 9.59 Å². The number of hydrogen-bond donors (Lipinski definition) is 2. The van der Waals surface area contributed by atoms with E-state index in [1.165, 1.54) is 6.07 Å². The lowest BCUT2D eigenvalue weighted by Crippen LogP contribution is -2.47. The molecule has 2 aliphatic heterocycles. The first-order valence-corrected chi connectivity index (χ1v) is 13.5. The number of aromatic nitrogens is 2. The van der Waals surface area contributed by atoms with Crippen LogP contribution in [0.4, 0.5) is 31.0 Å². The van der Waals surface area contributed by atoms with Gasteiger partial charge in [-0.3, -0.25) is 4.79 Å². The zero-order valence-electron chi connectivity index (χ0n) is 23.1. The Balaban J connectivity index is 1.71. The molecule has 3 aromatic rings. The molecule has 0 unspecified atom stereocenters. The molecule has 9 nitrogen and oxygen atoms in total. The van der Waals surface area contributed by atoms with Crippen LogP contribution in [0.1, 0.15) is 42.3 Å². The van der Waals surface area contributed by atoms with Gasteiger partial charge in [0.05, 0.1) is 12.2 Å². The van der Waals surface area contributed by atoms with Crippen LogP contribution in [-0.4, -0.2) is 65.6 Å². The maximum atomic E-state index is 15.0. The van der Waals surface area contributed by atoms with E-state index < -0.39 is 23.4 Å². The third-order valence-corrected chi connectivity index (χ3v) is 7.24. The number of carbonyl (C=O) groups excluding carboxylic acids is 2. The zero-order valence-corrected chi connectivity index (χ0v) is 23.1. The smallest absolute Gasteiger partial charge is 0.328 e. The Hall–Kier alpha value is -4.12. The van der Waals surface area contributed by atoms with Gasteiger partial charge < -0.3 is 20.4 Å². The number of nitrogens with zero attached hydrogens (tertiary/aromatic N) is 5. The molecule has 210 valence electrons. The Morgan fingerprint density at radius 3 is 2.42 bits per heavy atom. The quantitative estimate of drug-likeness (QED) is 0.474. The first-order chi connectivity index (χ1) is 19.2. The molecule has 0 spiro atoms. The minimum Gasteiger partial charge on any atom is -0.350 e. The number of nitrogens with one attached hydrogen (secondary N) is 2. The van der Waals surface area contributed by atoms with Gasteiger partial charge in [0.25, 0.3) is 5.91 Å². The van der Waals surface area contributed by atoms with E-state index in [1.54, 1.807) is 12.1 Å². The van der Waals surface area contributed by atoms with Crippen LogP contribution in [0, 0.1) is 18.6 Å². The number of hydrogen-bond acceptors (Lipinski definition) is 6. The lowest BCUT2D eigenvalue weighted by molar-refractivity contribution is 0.0943. The molecule has 0 bridgehead atoms. The van der Waals surface area contributed by atoms with E-state index in [2.05, 4.69) is 22.5 Å². The molecule has 1 aromatic heterocycles. The topological polar surface area (TPSA) is 93.7 Å². The zero-order chi connectivity index (χ0) is 28.6. The molecule has 2 aliphatic rings. The van der Waals surface area contributed by atoms with Crippen molar-refractivity contribution in [2.24, 2.45) is 0 Å². The van der Waals surface area contributed by atoms with Gasteiger partial charge in [0.1, 0.15) is 17.3 Å². The molecule has 2 aromatic carbocycles. The highest BCUT2D eigenvalue weighted by Crippen LogP contribution is 2.39. The summed E-state index contributed by atoms with van der Waals surface area (Å²) in [5.41, 5.74) is 2.47. The molecule has 0 aliphatic carbocycles. The van der Waals surface area contributed by atoms with E-state index in [4.69, 9.17) is 9.97 Å². The Bertz CT molecular complexity index is 1430. The van der Waals surface area contributed by atoms with Gasteiger partial charge in [-0.2, -0.15) is 4.98 Å². The Labute approximate surface area is 232 Å². The Morgan fingerprint density at radius 1 is 1.07 bits per heavy atom. The fourth-order valence-corrected chi connectivity index (χ4v) is 5.05. The molecule has 2 N–H and O–H groups in total. The second-order valence-corrected chi connectivity index (χ2v) is 10.3. The number of rotatable bonds is 6. The Kier molecular flexibility index (Phi) is 7.66. The molecule has 40 heavy (non-hydrogen) atoms. The number of aryl methyl sites for hydroxylation is 1. The van der Waals surface area contributed by atoms with Crippen molar-refractivity contribution >= 4 is 29.4 Å². The fourth-order valence-electron chi connectivity index (χ4n) is 5.05. The highest BCUT2D eigenvalue weighted by Gasteiger charge is 2.35. The van der Waals surface area contributed by atoms with Crippen LogP contribution in [0.15, 0.2) is 36.4 Å². The number of benzene rings is 2. The van der Waals surface area contributed by atoms with Gasteiger partial charge in [0.2, 0.25) is 5.95 Å². The third-order valence-electron chi connectivity index (χ3n) is 7.24. The number of anilines is 3. The SMILES string of the molecule is CCN1CCN(c2nc(-c3cc(C(=O)NC(C)C)ccc3C)c3c(n2)N(c2c(F)cccc2F)C(=O)NC3)CC1. The molecular formula is C29H33F2N7O2. The highest BCUT2D eigenvalue weighted by molar-refractivity contribution is 6.02. The molecular weight excluding hydrogens is 516 g/mol. The summed E-state index contributed by atoms with van der Waals surface area (Å²) in [4.78, 5) is 41.0. The van der Waals surface area contributed by atoms with Gasteiger partial charge in [-0.25, -0.2) is 23.5 Å². The number of amides is 3. The average molecular weight is 550 g/mol. The van der Waals surface area contributed by atoms with Gasteiger partial charge in [-0.15, -0.1) is 0 Å². The normalized spacial score (nSPS) is 15.7. The summed E-state index contributed by atoms with van der Waals surface area (Å²) in [6.45, 7) is 11.7. The van der Waals surface area contributed by atoms with Crippen LogP contribution in [0.25, 0.3) is 11.3 Å². The molecule has 11 heteroatoms. The number of piperazine rings is 1.